The van der Waals surface area contributed by atoms with E-state index >= 15 is 0 Å². The zero-order valence-corrected chi connectivity index (χ0v) is 13.9. The van der Waals surface area contributed by atoms with Gasteiger partial charge in [0.2, 0.25) is 0 Å². The van der Waals surface area contributed by atoms with Crippen LogP contribution in [0.1, 0.15) is 37.4 Å². The van der Waals surface area contributed by atoms with Crippen LogP contribution in [0.15, 0.2) is 33.3 Å². The van der Waals surface area contributed by atoms with Gasteiger partial charge in [-0.25, -0.2) is 0 Å². The van der Waals surface area contributed by atoms with Crippen LogP contribution in [0.25, 0.3) is 11.3 Å². The Labute approximate surface area is 132 Å². The van der Waals surface area contributed by atoms with Gasteiger partial charge in [-0.2, -0.15) is 0 Å². The number of ether oxygens (including phenoxy) is 1. The first-order valence-corrected chi connectivity index (χ1v) is 7.70. The molecular weight excluding hydrogens is 334 g/mol. The number of esters is 1. The van der Waals surface area contributed by atoms with Crippen molar-refractivity contribution in [3.8, 4) is 11.3 Å². The van der Waals surface area contributed by atoms with Gasteiger partial charge in [0, 0.05) is 15.6 Å². The largest absolute Gasteiger partial charge is 0.466 e. The van der Waals surface area contributed by atoms with Crippen molar-refractivity contribution in [1.82, 2.24) is 5.16 Å². The molecule has 2 aromatic rings. The molecule has 0 saturated carbocycles. The first-order chi connectivity index (χ1) is 10.0. The van der Waals surface area contributed by atoms with Crippen molar-refractivity contribution in [2.75, 3.05) is 6.61 Å². The number of carbonyl (C=O) groups excluding carboxylic acids is 1. The van der Waals surface area contributed by atoms with Gasteiger partial charge < -0.3 is 9.26 Å². The summed E-state index contributed by atoms with van der Waals surface area (Å²) in [5, 5.41) is 4.05. The summed E-state index contributed by atoms with van der Waals surface area (Å²) in [6.45, 7) is 6.08. The Hall–Kier alpha value is -1.62. The van der Waals surface area contributed by atoms with E-state index in [0.717, 1.165) is 27.1 Å². The van der Waals surface area contributed by atoms with E-state index in [1.165, 1.54) is 0 Å². The van der Waals surface area contributed by atoms with Gasteiger partial charge in [-0.3, -0.25) is 4.79 Å². The van der Waals surface area contributed by atoms with Gasteiger partial charge >= 0.3 is 5.97 Å². The van der Waals surface area contributed by atoms with Crippen LogP contribution < -0.4 is 0 Å². The number of hydrogen-bond donors (Lipinski definition) is 0. The first kappa shape index (κ1) is 15.8. The molecule has 0 aliphatic rings. The van der Waals surface area contributed by atoms with Crippen LogP contribution in [0.5, 0.6) is 0 Å². The smallest absolute Gasteiger partial charge is 0.306 e. The lowest BCUT2D eigenvalue weighted by molar-refractivity contribution is -0.143. The summed E-state index contributed by atoms with van der Waals surface area (Å²) >= 11 is 3.41. The molecule has 1 unspecified atom stereocenters. The minimum absolute atomic E-state index is 0.00560. The average molecular weight is 352 g/mol. The third kappa shape index (κ3) is 3.73. The molecule has 0 radical (unpaired) electrons. The molecule has 0 amide bonds. The first-order valence-electron chi connectivity index (χ1n) is 6.90. The average Bonchev–Trinajstić information content (AvgIpc) is 2.81. The second-order valence-electron chi connectivity index (χ2n) is 4.93. The molecule has 1 aromatic heterocycles. The quantitative estimate of drug-likeness (QED) is 0.745. The Morgan fingerprint density at radius 3 is 2.67 bits per heavy atom. The van der Waals surface area contributed by atoms with Crippen molar-refractivity contribution in [1.29, 1.82) is 0 Å². The van der Waals surface area contributed by atoms with Crippen molar-refractivity contribution < 1.29 is 14.1 Å². The Kier molecular flexibility index (Phi) is 5.17. The van der Waals surface area contributed by atoms with Crippen molar-refractivity contribution in [2.24, 2.45) is 0 Å². The second kappa shape index (κ2) is 6.89. The zero-order chi connectivity index (χ0) is 15.4. The van der Waals surface area contributed by atoms with Crippen molar-refractivity contribution in [3.05, 3.63) is 40.0 Å². The fraction of sp³-hybridized carbons (Fsp3) is 0.375. The molecule has 0 aliphatic carbocycles. The Balaban J connectivity index is 2.29. The topological polar surface area (TPSA) is 52.3 Å². The third-order valence-corrected chi connectivity index (χ3v) is 3.81. The highest BCUT2D eigenvalue weighted by atomic mass is 79.9. The standard InChI is InChI=1S/C16H18BrNO3/c1-4-20-14(19)9-10(2)15-11(3)18-21-16(15)12-5-7-13(17)8-6-12/h5-8,10H,4,9H2,1-3H3. The summed E-state index contributed by atoms with van der Waals surface area (Å²) in [6, 6.07) is 7.83. The predicted octanol–water partition coefficient (Wildman–Crippen LogP) is 4.47. The van der Waals surface area contributed by atoms with Crippen LogP contribution in [0.3, 0.4) is 0 Å². The number of hydrogen-bond acceptors (Lipinski definition) is 4. The number of benzene rings is 1. The van der Waals surface area contributed by atoms with Crippen LogP contribution in [-0.4, -0.2) is 17.7 Å². The predicted molar refractivity (Wildman–Crippen MR) is 84.0 cm³/mol. The summed E-state index contributed by atoms with van der Waals surface area (Å²) in [5.74, 6) is 0.512. The summed E-state index contributed by atoms with van der Waals surface area (Å²) in [4.78, 5) is 11.7. The summed E-state index contributed by atoms with van der Waals surface area (Å²) < 4.78 is 11.5. The highest BCUT2D eigenvalue weighted by Crippen LogP contribution is 2.34. The van der Waals surface area contributed by atoms with Gasteiger partial charge in [-0.1, -0.05) is 40.1 Å². The van der Waals surface area contributed by atoms with Gasteiger partial charge in [-0.05, 0) is 31.9 Å². The number of aromatic nitrogens is 1. The molecule has 1 atom stereocenters. The molecule has 0 saturated heterocycles. The van der Waals surface area contributed by atoms with Crippen molar-refractivity contribution in [3.63, 3.8) is 0 Å². The summed E-state index contributed by atoms with van der Waals surface area (Å²) in [7, 11) is 0. The minimum atomic E-state index is -0.202. The monoisotopic (exact) mass is 351 g/mol. The van der Waals surface area contributed by atoms with Crippen molar-refractivity contribution >= 4 is 21.9 Å². The molecule has 112 valence electrons. The number of nitrogens with zero attached hydrogens (tertiary/aromatic N) is 1. The van der Waals surface area contributed by atoms with E-state index in [0.29, 0.717) is 13.0 Å². The number of carbonyl (C=O) groups is 1. The molecule has 0 bridgehead atoms. The molecule has 5 heteroatoms. The zero-order valence-electron chi connectivity index (χ0n) is 12.4. The van der Waals surface area contributed by atoms with Crippen LogP contribution in [-0.2, 0) is 9.53 Å². The lowest BCUT2D eigenvalue weighted by Gasteiger charge is -2.11. The molecular formula is C16H18BrNO3. The molecule has 0 fully saturated rings. The maximum atomic E-state index is 11.7. The third-order valence-electron chi connectivity index (χ3n) is 3.29. The summed E-state index contributed by atoms with van der Waals surface area (Å²) in [6.07, 6.45) is 0.319. The molecule has 4 nitrogen and oxygen atoms in total. The lowest BCUT2D eigenvalue weighted by atomic mass is 9.93. The van der Waals surface area contributed by atoms with E-state index in [1.807, 2.05) is 38.1 Å². The van der Waals surface area contributed by atoms with Gasteiger partial charge in [0.25, 0.3) is 0 Å². The van der Waals surface area contributed by atoms with Gasteiger partial charge in [0.1, 0.15) is 0 Å². The maximum absolute atomic E-state index is 11.7. The Morgan fingerprint density at radius 1 is 1.38 bits per heavy atom. The van der Waals surface area contributed by atoms with Crippen LogP contribution in [0.2, 0.25) is 0 Å². The van der Waals surface area contributed by atoms with E-state index < -0.39 is 0 Å². The van der Waals surface area contributed by atoms with Crippen LogP contribution in [0, 0.1) is 6.92 Å². The molecule has 0 aliphatic heterocycles. The highest BCUT2D eigenvalue weighted by Gasteiger charge is 2.23. The molecule has 1 heterocycles. The van der Waals surface area contributed by atoms with E-state index in [2.05, 4.69) is 21.1 Å². The molecule has 0 spiro atoms. The van der Waals surface area contributed by atoms with Crippen LogP contribution >= 0.6 is 15.9 Å². The fourth-order valence-corrected chi connectivity index (χ4v) is 2.60. The maximum Gasteiger partial charge on any atom is 0.306 e. The van der Waals surface area contributed by atoms with Gasteiger partial charge in [0.15, 0.2) is 5.76 Å². The van der Waals surface area contributed by atoms with E-state index in [4.69, 9.17) is 9.26 Å². The van der Waals surface area contributed by atoms with Gasteiger partial charge in [-0.15, -0.1) is 0 Å². The minimum Gasteiger partial charge on any atom is -0.466 e. The SMILES string of the molecule is CCOC(=O)CC(C)c1c(C)noc1-c1ccc(Br)cc1. The Morgan fingerprint density at radius 2 is 2.05 bits per heavy atom. The molecule has 21 heavy (non-hydrogen) atoms. The summed E-state index contributed by atoms with van der Waals surface area (Å²) in [5.41, 5.74) is 2.72. The van der Waals surface area contributed by atoms with Crippen molar-refractivity contribution in [2.45, 2.75) is 33.1 Å². The number of aryl methyl sites for hydroxylation is 1. The van der Waals surface area contributed by atoms with Gasteiger partial charge in [0.05, 0.1) is 18.7 Å². The molecule has 0 N–H and O–H groups in total. The lowest BCUT2D eigenvalue weighted by Crippen LogP contribution is -2.09. The number of rotatable bonds is 5. The van der Waals surface area contributed by atoms with E-state index in [1.54, 1.807) is 6.92 Å². The Bertz CT molecular complexity index is 619. The fourth-order valence-electron chi connectivity index (χ4n) is 2.34. The number of halogens is 1. The molecule has 2 rings (SSSR count). The second-order valence-corrected chi connectivity index (χ2v) is 5.84. The molecule has 1 aromatic carbocycles. The normalized spacial score (nSPS) is 12.2. The van der Waals surface area contributed by atoms with E-state index in [-0.39, 0.29) is 11.9 Å². The van der Waals surface area contributed by atoms with E-state index in [9.17, 15) is 4.79 Å². The highest BCUT2D eigenvalue weighted by molar-refractivity contribution is 9.10. The van der Waals surface area contributed by atoms with Crippen LogP contribution in [0.4, 0.5) is 0 Å².